The number of carbonyl (C=O) groups is 2. The van der Waals surface area contributed by atoms with Crippen molar-refractivity contribution in [1.29, 1.82) is 0 Å². The fraction of sp³-hybridized carbons (Fsp3) is 0.556. The highest BCUT2D eigenvalue weighted by atomic mass is 16.2. The standard InChI is InChI=1S/C18H29N3O2/c1-7-8-19-16(22)11-21(6)15(5)18(23)20-17-13(3)9-12(2)10-14(17)4/h9-10,15H,7-8,11H2,1-6H3,(H,19,22)(H,20,23)/t15-/m1/s1. The van der Waals surface area contributed by atoms with Crippen LogP contribution in [0.1, 0.15) is 37.0 Å². The van der Waals surface area contributed by atoms with Crippen LogP contribution in [0.3, 0.4) is 0 Å². The summed E-state index contributed by atoms with van der Waals surface area (Å²) in [7, 11) is 1.78. The van der Waals surface area contributed by atoms with Crippen LogP contribution in [0, 0.1) is 20.8 Å². The number of carbonyl (C=O) groups excluding carboxylic acids is 2. The fourth-order valence-corrected chi connectivity index (χ4v) is 2.49. The second-order valence-corrected chi connectivity index (χ2v) is 6.20. The Morgan fingerprint density at radius 2 is 1.74 bits per heavy atom. The molecular weight excluding hydrogens is 290 g/mol. The van der Waals surface area contributed by atoms with Crippen molar-refractivity contribution in [2.45, 2.75) is 47.1 Å². The van der Waals surface area contributed by atoms with Crippen LogP contribution in [0.15, 0.2) is 12.1 Å². The smallest absolute Gasteiger partial charge is 0.241 e. The number of hydrogen-bond acceptors (Lipinski definition) is 3. The SMILES string of the molecule is CCCNC(=O)CN(C)[C@H](C)C(=O)Nc1c(C)cc(C)cc1C. The van der Waals surface area contributed by atoms with Crippen LogP contribution in [0.5, 0.6) is 0 Å². The molecule has 0 aromatic heterocycles. The molecule has 1 aromatic rings. The number of nitrogens with zero attached hydrogens (tertiary/aromatic N) is 1. The zero-order valence-electron chi connectivity index (χ0n) is 15.1. The van der Waals surface area contributed by atoms with Gasteiger partial charge in [-0.1, -0.05) is 24.6 Å². The third-order valence-electron chi connectivity index (χ3n) is 3.93. The maximum absolute atomic E-state index is 12.5. The number of aryl methyl sites for hydroxylation is 3. The average Bonchev–Trinajstić information content (AvgIpc) is 2.47. The maximum Gasteiger partial charge on any atom is 0.241 e. The summed E-state index contributed by atoms with van der Waals surface area (Å²) < 4.78 is 0. The Morgan fingerprint density at radius 3 is 2.26 bits per heavy atom. The summed E-state index contributed by atoms with van der Waals surface area (Å²) in [5.41, 5.74) is 4.13. The summed E-state index contributed by atoms with van der Waals surface area (Å²) in [5.74, 6) is -0.164. The molecule has 2 N–H and O–H groups in total. The quantitative estimate of drug-likeness (QED) is 0.811. The summed E-state index contributed by atoms with van der Waals surface area (Å²) in [4.78, 5) is 26.0. The lowest BCUT2D eigenvalue weighted by Gasteiger charge is -2.24. The average molecular weight is 319 g/mol. The lowest BCUT2D eigenvalue weighted by molar-refractivity contribution is -0.124. The lowest BCUT2D eigenvalue weighted by atomic mass is 10.0. The molecular formula is C18H29N3O2. The zero-order valence-corrected chi connectivity index (χ0v) is 15.1. The predicted octanol–water partition coefficient (Wildman–Crippen LogP) is 2.40. The molecule has 1 atom stereocenters. The molecule has 0 aliphatic rings. The molecule has 23 heavy (non-hydrogen) atoms. The van der Waals surface area contributed by atoms with Crippen LogP contribution >= 0.6 is 0 Å². The molecule has 0 saturated heterocycles. The van der Waals surface area contributed by atoms with Gasteiger partial charge in [-0.2, -0.15) is 0 Å². The minimum absolute atomic E-state index is 0.0586. The molecule has 0 radical (unpaired) electrons. The topological polar surface area (TPSA) is 61.4 Å². The van der Waals surface area contributed by atoms with Crippen LogP contribution in [0.2, 0.25) is 0 Å². The summed E-state index contributed by atoms with van der Waals surface area (Å²) >= 11 is 0. The molecule has 1 aromatic carbocycles. The molecule has 0 fully saturated rings. The van der Waals surface area contributed by atoms with Crippen molar-refractivity contribution < 1.29 is 9.59 Å². The number of benzene rings is 1. The van der Waals surface area contributed by atoms with Crippen LogP contribution in [-0.4, -0.2) is 42.9 Å². The first-order chi connectivity index (χ1) is 10.8. The summed E-state index contributed by atoms with van der Waals surface area (Å²) in [6.45, 7) is 10.7. The van der Waals surface area contributed by atoms with E-state index in [4.69, 9.17) is 0 Å². The molecule has 0 bridgehead atoms. The van der Waals surface area contributed by atoms with Crippen molar-refractivity contribution >= 4 is 17.5 Å². The van der Waals surface area contributed by atoms with Crippen molar-refractivity contribution in [3.05, 3.63) is 28.8 Å². The van der Waals surface area contributed by atoms with Gasteiger partial charge in [0.1, 0.15) is 0 Å². The van der Waals surface area contributed by atoms with Gasteiger partial charge in [0.25, 0.3) is 0 Å². The van der Waals surface area contributed by atoms with Crippen molar-refractivity contribution in [3.63, 3.8) is 0 Å². The summed E-state index contributed by atoms with van der Waals surface area (Å²) in [5, 5.41) is 5.81. The van der Waals surface area contributed by atoms with Gasteiger partial charge in [0.15, 0.2) is 0 Å². The Bertz CT molecular complexity index is 546. The van der Waals surface area contributed by atoms with Crippen LogP contribution in [0.25, 0.3) is 0 Å². The Hall–Kier alpha value is -1.88. The van der Waals surface area contributed by atoms with Gasteiger partial charge in [0.2, 0.25) is 11.8 Å². The Kier molecular flexibility index (Phi) is 7.23. The van der Waals surface area contributed by atoms with Crippen molar-refractivity contribution in [1.82, 2.24) is 10.2 Å². The molecule has 0 saturated carbocycles. The van der Waals surface area contributed by atoms with E-state index in [1.807, 2.05) is 27.7 Å². The first-order valence-electron chi connectivity index (χ1n) is 8.11. The molecule has 0 spiro atoms. The van der Waals surface area contributed by atoms with Crippen LogP contribution in [0.4, 0.5) is 5.69 Å². The van der Waals surface area contributed by atoms with E-state index in [9.17, 15) is 9.59 Å². The maximum atomic E-state index is 12.5. The van der Waals surface area contributed by atoms with Gasteiger partial charge >= 0.3 is 0 Å². The van der Waals surface area contributed by atoms with E-state index in [0.717, 1.165) is 23.2 Å². The minimum atomic E-state index is -0.387. The van der Waals surface area contributed by atoms with Crippen molar-refractivity contribution in [2.75, 3.05) is 25.5 Å². The van der Waals surface area contributed by atoms with E-state index in [2.05, 4.69) is 22.8 Å². The first-order valence-corrected chi connectivity index (χ1v) is 8.11. The molecule has 0 heterocycles. The molecule has 1 rings (SSSR count). The number of likely N-dealkylation sites (N-methyl/N-ethyl adjacent to an activating group) is 1. The van der Waals surface area contributed by atoms with Gasteiger partial charge in [0, 0.05) is 12.2 Å². The highest BCUT2D eigenvalue weighted by molar-refractivity contribution is 5.96. The third kappa shape index (κ3) is 5.67. The van der Waals surface area contributed by atoms with E-state index in [-0.39, 0.29) is 24.4 Å². The fourth-order valence-electron chi connectivity index (χ4n) is 2.49. The number of rotatable bonds is 7. The highest BCUT2D eigenvalue weighted by Crippen LogP contribution is 2.22. The second-order valence-electron chi connectivity index (χ2n) is 6.20. The molecule has 5 nitrogen and oxygen atoms in total. The largest absolute Gasteiger partial charge is 0.355 e. The lowest BCUT2D eigenvalue weighted by Crippen LogP contribution is -2.45. The number of anilines is 1. The predicted molar refractivity (Wildman–Crippen MR) is 94.7 cm³/mol. The normalized spacial score (nSPS) is 12.1. The number of nitrogens with one attached hydrogen (secondary N) is 2. The highest BCUT2D eigenvalue weighted by Gasteiger charge is 2.21. The minimum Gasteiger partial charge on any atom is -0.355 e. The number of hydrogen-bond donors (Lipinski definition) is 2. The molecule has 0 aliphatic heterocycles. The van der Waals surface area contributed by atoms with Crippen LogP contribution in [-0.2, 0) is 9.59 Å². The van der Waals surface area contributed by atoms with E-state index in [1.54, 1.807) is 18.9 Å². The Morgan fingerprint density at radius 1 is 1.17 bits per heavy atom. The summed E-state index contributed by atoms with van der Waals surface area (Å²) in [6, 6.07) is 3.71. The molecule has 5 heteroatoms. The van der Waals surface area contributed by atoms with E-state index < -0.39 is 0 Å². The first kappa shape index (κ1) is 19.2. The zero-order chi connectivity index (χ0) is 17.6. The van der Waals surface area contributed by atoms with Gasteiger partial charge in [-0.15, -0.1) is 0 Å². The van der Waals surface area contributed by atoms with Gasteiger partial charge in [-0.25, -0.2) is 0 Å². The number of amides is 2. The Labute approximate surface area is 139 Å². The van der Waals surface area contributed by atoms with Gasteiger partial charge in [-0.05, 0) is 52.3 Å². The second kappa shape index (κ2) is 8.67. The van der Waals surface area contributed by atoms with E-state index in [0.29, 0.717) is 6.54 Å². The molecule has 128 valence electrons. The monoisotopic (exact) mass is 319 g/mol. The van der Waals surface area contributed by atoms with Gasteiger partial charge in [-0.3, -0.25) is 14.5 Å². The molecule has 0 unspecified atom stereocenters. The van der Waals surface area contributed by atoms with Crippen molar-refractivity contribution in [2.24, 2.45) is 0 Å². The van der Waals surface area contributed by atoms with E-state index in [1.165, 1.54) is 5.56 Å². The third-order valence-corrected chi connectivity index (χ3v) is 3.93. The molecule has 0 aliphatic carbocycles. The van der Waals surface area contributed by atoms with Gasteiger partial charge in [0.05, 0.1) is 12.6 Å². The summed E-state index contributed by atoms with van der Waals surface area (Å²) in [6.07, 6.45) is 0.900. The van der Waals surface area contributed by atoms with Crippen LogP contribution < -0.4 is 10.6 Å². The van der Waals surface area contributed by atoms with Gasteiger partial charge < -0.3 is 10.6 Å². The molecule has 2 amide bonds. The Balaban J connectivity index is 2.68. The van der Waals surface area contributed by atoms with Crippen molar-refractivity contribution in [3.8, 4) is 0 Å². The van der Waals surface area contributed by atoms with E-state index >= 15 is 0 Å².